The zero-order valence-electron chi connectivity index (χ0n) is 7.60. The summed E-state index contributed by atoms with van der Waals surface area (Å²) in [5.41, 5.74) is 6.77. The fraction of sp³-hybridized carbons (Fsp3) is 0.375. The van der Waals surface area contributed by atoms with E-state index in [2.05, 4.69) is 19.9 Å². The van der Waals surface area contributed by atoms with Gasteiger partial charge in [-0.05, 0) is 0 Å². The number of aromatic amines is 1. The van der Waals surface area contributed by atoms with Gasteiger partial charge in [0.2, 0.25) is 0 Å². The molecular formula is C8H11N5O. The lowest BCUT2D eigenvalue weighted by Gasteiger charge is -1.97. The highest BCUT2D eigenvalue weighted by Crippen LogP contribution is 2.06. The standard InChI is InChI=1S/C8H11N5O/c9-1-2-14-4-7-12-6-3-10-5-11-8(6)13-7/h3,5H,1-2,4,9H2,(H,10,11,12,13). The normalized spacial score (nSPS) is 10.9. The van der Waals surface area contributed by atoms with Crippen molar-refractivity contribution in [3.05, 3.63) is 18.3 Å². The van der Waals surface area contributed by atoms with Gasteiger partial charge in [-0.15, -0.1) is 0 Å². The van der Waals surface area contributed by atoms with Crippen LogP contribution in [0.2, 0.25) is 0 Å². The molecule has 6 nitrogen and oxygen atoms in total. The van der Waals surface area contributed by atoms with Gasteiger partial charge in [0, 0.05) is 6.54 Å². The maximum absolute atomic E-state index is 5.29. The molecule has 14 heavy (non-hydrogen) atoms. The van der Waals surface area contributed by atoms with Crippen molar-refractivity contribution in [2.45, 2.75) is 6.61 Å². The Labute approximate surface area is 80.5 Å². The molecular weight excluding hydrogens is 182 g/mol. The molecule has 2 rings (SSSR count). The summed E-state index contributed by atoms with van der Waals surface area (Å²) in [6.45, 7) is 1.47. The van der Waals surface area contributed by atoms with Crippen LogP contribution in [0.4, 0.5) is 0 Å². The van der Waals surface area contributed by atoms with Gasteiger partial charge in [-0.1, -0.05) is 0 Å². The molecule has 0 unspecified atom stereocenters. The number of nitrogens with zero attached hydrogens (tertiary/aromatic N) is 3. The number of hydrogen-bond acceptors (Lipinski definition) is 5. The number of fused-ring (bicyclic) bond motifs is 1. The lowest BCUT2D eigenvalue weighted by molar-refractivity contribution is 0.123. The van der Waals surface area contributed by atoms with E-state index in [1.807, 2.05) is 0 Å². The number of rotatable bonds is 4. The molecule has 2 aromatic rings. The van der Waals surface area contributed by atoms with Crippen LogP contribution < -0.4 is 5.73 Å². The number of imidazole rings is 1. The summed E-state index contributed by atoms with van der Waals surface area (Å²) in [7, 11) is 0. The third-order valence-electron chi connectivity index (χ3n) is 1.71. The highest BCUT2D eigenvalue weighted by molar-refractivity contribution is 5.68. The van der Waals surface area contributed by atoms with Crippen molar-refractivity contribution < 1.29 is 4.74 Å². The van der Waals surface area contributed by atoms with E-state index in [0.29, 0.717) is 25.4 Å². The summed E-state index contributed by atoms with van der Waals surface area (Å²) in [5, 5.41) is 0. The van der Waals surface area contributed by atoms with Crippen molar-refractivity contribution in [2.24, 2.45) is 5.73 Å². The maximum Gasteiger partial charge on any atom is 0.180 e. The SMILES string of the molecule is NCCOCc1nc2ncncc2[nH]1. The number of H-pyrrole nitrogens is 1. The summed E-state index contributed by atoms with van der Waals surface area (Å²) in [5.74, 6) is 0.744. The second-order valence-electron chi connectivity index (χ2n) is 2.78. The molecule has 2 heterocycles. The van der Waals surface area contributed by atoms with Gasteiger partial charge >= 0.3 is 0 Å². The van der Waals surface area contributed by atoms with Crippen LogP contribution in [0, 0.1) is 0 Å². The van der Waals surface area contributed by atoms with Crippen molar-refractivity contribution >= 4 is 11.2 Å². The maximum atomic E-state index is 5.29. The van der Waals surface area contributed by atoms with E-state index in [9.17, 15) is 0 Å². The quantitative estimate of drug-likeness (QED) is 0.658. The number of hydrogen-bond donors (Lipinski definition) is 2. The van der Waals surface area contributed by atoms with Gasteiger partial charge in [0.05, 0.1) is 12.8 Å². The first-order valence-electron chi connectivity index (χ1n) is 4.32. The molecule has 74 valence electrons. The van der Waals surface area contributed by atoms with E-state index < -0.39 is 0 Å². The fourth-order valence-electron chi connectivity index (χ4n) is 1.13. The molecule has 0 aliphatic rings. The van der Waals surface area contributed by atoms with Crippen LogP contribution >= 0.6 is 0 Å². The second kappa shape index (κ2) is 4.12. The Bertz CT molecular complexity index is 380. The van der Waals surface area contributed by atoms with Crippen LogP contribution in [0.15, 0.2) is 12.5 Å². The smallest absolute Gasteiger partial charge is 0.180 e. The molecule has 0 saturated heterocycles. The Kier molecular flexibility index (Phi) is 2.66. The van der Waals surface area contributed by atoms with Crippen LogP contribution in [0.25, 0.3) is 11.2 Å². The van der Waals surface area contributed by atoms with E-state index in [-0.39, 0.29) is 0 Å². The lowest BCUT2D eigenvalue weighted by atomic mass is 10.6. The summed E-state index contributed by atoms with van der Waals surface area (Å²) in [6, 6.07) is 0. The average Bonchev–Trinajstić information content (AvgIpc) is 2.60. The van der Waals surface area contributed by atoms with Crippen molar-refractivity contribution in [3.8, 4) is 0 Å². The third-order valence-corrected chi connectivity index (χ3v) is 1.71. The van der Waals surface area contributed by atoms with Gasteiger partial charge in [0.25, 0.3) is 0 Å². The minimum atomic E-state index is 0.424. The van der Waals surface area contributed by atoms with Gasteiger partial charge in [-0.2, -0.15) is 0 Å². The first-order chi connectivity index (χ1) is 6.90. The van der Waals surface area contributed by atoms with Gasteiger partial charge in [0.15, 0.2) is 5.65 Å². The topological polar surface area (TPSA) is 89.7 Å². The Morgan fingerprint density at radius 3 is 3.21 bits per heavy atom. The summed E-state index contributed by atoms with van der Waals surface area (Å²) >= 11 is 0. The van der Waals surface area contributed by atoms with E-state index in [1.54, 1.807) is 6.20 Å². The zero-order valence-corrected chi connectivity index (χ0v) is 7.60. The largest absolute Gasteiger partial charge is 0.372 e. The van der Waals surface area contributed by atoms with Gasteiger partial charge in [-0.3, -0.25) is 0 Å². The van der Waals surface area contributed by atoms with E-state index in [4.69, 9.17) is 10.5 Å². The molecule has 0 aromatic carbocycles. The minimum absolute atomic E-state index is 0.424. The predicted molar refractivity (Wildman–Crippen MR) is 50.4 cm³/mol. The molecule has 0 aliphatic heterocycles. The summed E-state index contributed by atoms with van der Waals surface area (Å²) in [6.07, 6.45) is 3.15. The molecule has 2 aromatic heterocycles. The molecule has 0 spiro atoms. The van der Waals surface area contributed by atoms with Gasteiger partial charge < -0.3 is 15.5 Å². The molecule has 0 fully saturated rings. The Morgan fingerprint density at radius 1 is 1.50 bits per heavy atom. The number of ether oxygens (including phenoxy) is 1. The first-order valence-corrected chi connectivity index (χ1v) is 4.32. The molecule has 0 atom stereocenters. The molecule has 6 heteroatoms. The van der Waals surface area contributed by atoms with Gasteiger partial charge in [-0.25, -0.2) is 15.0 Å². The fourth-order valence-corrected chi connectivity index (χ4v) is 1.13. The summed E-state index contributed by atoms with van der Waals surface area (Å²) < 4.78 is 5.23. The van der Waals surface area contributed by atoms with E-state index in [1.165, 1.54) is 6.33 Å². The van der Waals surface area contributed by atoms with Crippen LogP contribution in [0.5, 0.6) is 0 Å². The van der Waals surface area contributed by atoms with E-state index in [0.717, 1.165) is 11.3 Å². The van der Waals surface area contributed by atoms with Crippen molar-refractivity contribution in [3.63, 3.8) is 0 Å². The van der Waals surface area contributed by atoms with Crippen LogP contribution in [-0.2, 0) is 11.3 Å². The molecule has 0 saturated carbocycles. The van der Waals surface area contributed by atoms with Crippen LogP contribution in [-0.4, -0.2) is 33.1 Å². The van der Waals surface area contributed by atoms with Crippen molar-refractivity contribution in [1.29, 1.82) is 0 Å². The first kappa shape index (κ1) is 9.04. The second-order valence-corrected chi connectivity index (χ2v) is 2.78. The number of nitrogens with two attached hydrogens (primary N) is 1. The van der Waals surface area contributed by atoms with Crippen molar-refractivity contribution in [2.75, 3.05) is 13.2 Å². The zero-order chi connectivity index (χ0) is 9.80. The lowest BCUT2D eigenvalue weighted by Crippen LogP contribution is -2.08. The van der Waals surface area contributed by atoms with E-state index >= 15 is 0 Å². The van der Waals surface area contributed by atoms with Crippen LogP contribution in [0.1, 0.15) is 5.82 Å². The Hall–Kier alpha value is -1.53. The molecule has 0 radical (unpaired) electrons. The molecule has 0 amide bonds. The number of nitrogens with one attached hydrogen (secondary N) is 1. The van der Waals surface area contributed by atoms with Crippen LogP contribution in [0.3, 0.4) is 0 Å². The monoisotopic (exact) mass is 193 g/mol. The summed E-state index contributed by atoms with van der Waals surface area (Å²) in [4.78, 5) is 15.1. The molecule has 0 aliphatic carbocycles. The minimum Gasteiger partial charge on any atom is -0.372 e. The number of aromatic nitrogens is 4. The third kappa shape index (κ3) is 1.86. The Balaban J connectivity index is 2.11. The average molecular weight is 193 g/mol. The predicted octanol–water partition coefficient (Wildman–Crippen LogP) is -0.172. The van der Waals surface area contributed by atoms with Crippen molar-refractivity contribution in [1.82, 2.24) is 19.9 Å². The Morgan fingerprint density at radius 2 is 2.43 bits per heavy atom. The molecule has 3 N–H and O–H groups in total. The highest BCUT2D eigenvalue weighted by atomic mass is 16.5. The molecule has 0 bridgehead atoms. The van der Waals surface area contributed by atoms with Gasteiger partial charge in [0.1, 0.15) is 24.3 Å². The highest BCUT2D eigenvalue weighted by Gasteiger charge is 2.02.